The van der Waals surface area contributed by atoms with Crippen LogP contribution < -0.4 is 5.32 Å². The Labute approximate surface area is 83.1 Å². The lowest BCUT2D eigenvalue weighted by atomic mass is 10.3. The molecule has 74 valence electrons. The molecule has 4 heteroatoms. The molecular weight excluding hydrogens is 184 g/mol. The molecule has 0 aromatic carbocycles. The number of rotatable bonds is 5. The average Bonchev–Trinajstić information content (AvgIpc) is 2.56. The van der Waals surface area contributed by atoms with Crippen LogP contribution in [0.4, 0.5) is 0 Å². The highest BCUT2D eigenvalue weighted by Gasteiger charge is 2.11. The molecule has 1 unspecified atom stereocenters. The fraction of sp³-hybridized carbons (Fsp3) is 0.667. The van der Waals surface area contributed by atoms with Gasteiger partial charge in [0.2, 0.25) is 0 Å². The highest BCUT2D eigenvalue weighted by Crippen LogP contribution is 2.23. The van der Waals surface area contributed by atoms with Crippen molar-refractivity contribution in [3.63, 3.8) is 0 Å². The van der Waals surface area contributed by atoms with Crippen molar-refractivity contribution in [2.24, 2.45) is 0 Å². The van der Waals surface area contributed by atoms with E-state index in [2.05, 4.69) is 22.6 Å². The van der Waals surface area contributed by atoms with E-state index in [4.69, 9.17) is 4.74 Å². The number of ether oxygens (including phenoxy) is 1. The first kappa shape index (κ1) is 10.6. The fourth-order valence-electron chi connectivity index (χ4n) is 1.17. The molecule has 13 heavy (non-hydrogen) atoms. The van der Waals surface area contributed by atoms with Gasteiger partial charge in [0.25, 0.3) is 0 Å². The smallest absolute Gasteiger partial charge is 0.122 e. The van der Waals surface area contributed by atoms with Crippen molar-refractivity contribution in [3.05, 3.63) is 16.1 Å². The lowest BCUT2D eigenvalue weighted by molar-refractivity contribution is 0.0996. The van der Waals surface area contributed by atoms with Gasteiger partial charge in [-0.15, -0.1) is 11.3 Å². The predicted octanol–water partition coefficient (Wildman–Crippen LogP) is 1.96. The minimum atomic E-state index is 0.163. The Balaban J connectivity index is 2.66. The van der Waals surface area contributed by atoms with E-state index in [1.165, 1.54) is 0 Å². The Bertz CT molecular complexity index is 246. The standard InChI is InChI=1S/C9H16N2OS/c1-4-8(12-3)9-11-7(5-10-2)6-13-9/h6,8,10H,4-5H2,1-3H3. The van der Waals surface area contributed by atoms with Crippen LogP contribution in [-0.2, 0) is 11.3 Å². The molecule has 0 amide bonds. The Kier molecular flexibility index (Phi) is 4.35. The SMILES string of the molecule is CCC(OC)c1nc(CNC)cs1. The van der Waals surface area contributed by atoms with E-state index in [0.717, 1.165) is 23.7 Å². The summed E-state index contributed by atoms with van der Waals surface area (Å²) in [4.78, 5) is 4.47. The van der Waals surface area contributed by atoms with Crippen LogP contribution in [0.1, 0.15) is 30.2 Å². The van der Waals surface area contributed by atoms with E-state index in [9.17, 15) is 0 Å². The number of aromatic nitrogens is 1. The van der Waals surface area contributed by atoms with Gasteiger partial charge in [-0.2, -0.15) is 0 Å². The van der Waals surface area contributed by atoms with Crippen LogP contribution in [0.15, 0.2) is 5.38 Å². The minimum absolute atomic E-state index is 0.163. The summed E-state index contributed by atoms with van der Waals surface area (Å²) in [6, 6.07) is 0. The first-order valence-electron chi connectivity index (χ1n) is 4.43. The second kappa shape index (κ2) is 5.32. The largest absolute Gasteiger partial charge is 0.374 e. The molecule has 0 saturated carbocycles. The van der Waals surface area contributed by atoms with Crippen LogP contribution >= 0.6 is 11.3 Å². The van der Waals surface area contributed by atoms with Crippen LogP contribution in [0, 0.1) is 0 Å². The fourth-order valence-corrected chi connectivity index (χ4v) is 2.15. The molecule has 0 aliphatic carbocycles. The lowest BCUT2D eigenvalue weighted by Gasteiger charge is -2.08. The van der Waals surface area contributed by atoms with E-state index in [1.807, 2.05) is 7.05 Å². The van der Waals surface area contributed by atoms with Gasteiger partial charge >= 0.3 is 0 Å². The topological polar surface area (TPSA) is 34.1 Å². The second-order valence-corrected chi connectivity index (χ2v) is 3.73. The minimum Gasteiger partial charge on any atom is -0.374 e. The summed E-state index contributed by atoms with van der Waals surface area (Å²) in [5.41, 5.74) is 1.10. The highest BCUT2D eigenvalue weighted by molar-refractivity contribution is 7.09. The summed E-state index contributed by atoms with van der Waals surface area (Å²) in [5, 5.41) is 6.23. The number of hydrogen-bond donors (Lipinski definition) is 1. The van der Waals surface area contributed by atoms with Crippen molar-refractivity contribution in [3.8, 4) is 0 Å². The summed E-state index contributed by atoms with van der Waals surface area (Å²) in [6.45, 7) is 2.93. The van der Waals surface area contributed by atoms with Crippen molar-refractivity contribution in [2.75, 3.05) is 14.2 Å². The molecule has 1 rings (SSSR count). The quantitative estimate of drug-likeness (QED) is 0.789. The van der Waals surface area contributed by atoms with Gasteiger partial charge in [0.15, 0.2) is 0 Å². The molecule has 0 fully saturated rings. The van der Waals surface area contributed by atoms with Crippen molar-refractivity contribution in [1.82, 2.24) is 10.3 Å². The molecule has 1 aromatic rings. The van der Waals surface area contributed by atoms with Crippen LogP contribution in [0.3, 0.4) is 0 Å². The Morgan fingerprint density at radius 3 is 3.00 bits per heavy atom. The predicted molar refractivity (Wildman–Crippen MR) is 54.9 cm³/mol. The highest BCUT2D eigenvalue weighted by atomic mass is 32.1. The third kappa shape index (κ3) is 2.76. The summed E-state index contributed by atoms with van der Waals surface area (Å²) < 4.78 is 5.30. The summed E-state index contributed by atoms with van der Waals surface area (Å²) in [5.74, 6) is 0. The van der Waals surface area contributed by atoms with Crippen LogP contribution in [0.25, 0.3) is 0 Å². The zero-order chi connectivity index (χ0) is 9.68. The van der Waals surface area contributed by atoms with Gasteiger partial charge in [-0.3, -0.25) is 0 Å². The van der Waals surface area contributed by atoms with E-state index in [0.29, 0.717) is 0 Å². The number of nitrogens with zero attached hydrogens (tertiary/aromatic N) is 1. The third-order valence-corrected chi connectivity index (χ3v) is 2.84. The molecule has 0 aliphatic rings. The number of methoxy groups -OCH3 is 1. The number of nitrogens with one attached hydrogen (secondary N) is 1. The molecule has 1 atom stereocenters. The monoisotopic (exact) mass is 200 g/mol. The summed E-state index contributed by atoms with van der Waals surface area (Å²) in [7, 11) is 3.65. The molecular formula is C9H16N2OS. The number of hydrogen-bond acceptors (Lipinski definition) is 4. The van der Waals surface area contributed by atoms with E-state index >= 15 is 0 Å². The maximum atomic E-state index is 5.30. The Morgan fingerprint density at radius 1 is 1.69 bits per heavy atom. The van der Waals surface area contributed by atoms with Crippen molar-refractivity contribution >= 4 is 11.3 Å². The van der Waals surface area contributed by atoms with Gasteiger partial charge in [0.1, 0.15) is 11.1 Å². The van der Waals surface area contributed by atoms with Crippen molar-refractivity contribution < 1.29 is 4.74 Å². The molecule has 1 N–H and O–H groups in total. The number of thiazole rings is 1. The molecule has 0 saturated heterocycles. The molecule has 3 nitrogen and oxygen atoms in total. The van der Waals surface area contributed by atoms with Crippen LogP contribution in [0.5, 0.6) is 0 Å². The second-order valence-electron chi connectivity index (χ2n) is 2.84. The third-order valence-electron chi connectivity index (χ3n) is 1.86. The van der Waals surface area contributed by atoms with Crippen molar-refractivity contribution in [1.29, 1.82) is 0 Å². The molecule has 0 radical (unpaired) electrons. The molecule has 0 aliphatic heterocycles. The Hall–Kier alpha value is -0.450. The normalized spacial score (nSPS) is 13.2. The van der Waals surface area contributed by atoms with Crippen LogP contribution in [0.2, 0.25) is 0 Å². The van der Waals surface area contributed by atoms with Gasteiger partial charge in [0, 0.05) is 19.0 Å². The van der Waals surface area contributed by atoms with E-state index in [-0.39, 0.29) is 6.10 Å². The summed E-state index contributed by atoms with van der Waals surface area (Å²) >= 11 is 1.67. The van der Waals surface area contributed by atoms with Crippen molar-refractivity contribution in [2.45, 2.75) is 26.0 Å². The average molecular weight is 200 g/mol. The van der Waals surface area contributed by atoms with Crippen LogP contribution in [-0.4, -0.2) is 19.1 Å². The van der Waals surface area contributed by atoms with Gasteiger partial charge in [-0.25, -0.2) is 4.98 Å². The van der Waals surface area contributed by atoms with Gasteiger partial charge in [-0.05, 0) is 13.5 Å². The first-order chi connectivity index (χ1) is 6.31. The maximum Gasteiger partial charge on any atom is 0.122 e. The lowest BCUT2D eigenvalue weighted by Crippen LogP contribution is -2.06. The zero-order valence-corrected chi connectivity index (χ0v) is 9.15. The van der Waals surface area contributed by atoms with Gasteiger partial charge in [-0.1, -0.05) is 6.92 Å². The van der Waals surface area contributed by atoms with Gasteiger partial charge < -0.3 is 10.1 Å². The van der Waals surface area contributed by atoms with E-state index < -0.39 is 0 Å². The molecule has 0 spiro atoms. The summed E-state index contributed by atoms with van der Waals surface area (Å²) in [6.07, 6.45) is 1.14. The maximum absolute atomic E-state index is 5.30. The Morgan fingerprint density at radius 2 is 2.46 bits per heavy atom. The molecule has 0 bridgehead atoms. The zero-order valence-electron chi connectivity index (χ0n) is 8.33. The van der Waals surface area contributed by atoms with E-state index in [1.54, 1.807) is 18.4 Å². The molecule has 1 heterocycles. The first-order valence-corrected chi connectivity index (χ1v) is 5.31. The van der Waals surface area contributed by atoms with Gasteiger partial charge in [0.05, 0.1) is 5.69 Å². The molecule has 1 aromatic heterocycles.